The molecular weight excluding hydrogens is 406 g/mol. The maximum atomic E-state index is 12.9. The highest BCUT2D eigenvalue weighted by atomic mass is 16.2. The predicted molar refractivity (Wildman–Crippen MR) is 119 cm³/mol. The molecule has 1 unspecified atom stereocenters. The fourth-order valence-electron chi connectivity index (χ4n) is 4.53. The summed E-state index contributed by atoms with van der Waals surface area (Å²) < 4.78 is 1.57. The maximum absolute atomic E-state index is 12.9. The molecule has 2 aromatic carbocycles. The first-order valence-electron chi connectivity index (χ1n) is 10.4. The Morgan fingerprint density at radius 2 is 1.88 bits per heavy atom. The minimum atomic E-state index is -0.682. The van der Waals surface area contributed by atoms with Gasteiger partial charge in [-0.1, -0.05) is 30.3 Å². The Kier molecular flexibility index (Phi) is 3.97. The molecule has 1 fully saturated rings. The van der Waals surface area contributed by atoms with Crippen LogP contribution < -0.4 is 10.6 Å². The molecule has 0 radical (unpaired) electrons. The van der Waals surface area contributed by atoms with Crippen molar-refractivity contribution < 1.29 is 9.59 Å². The van der Waals surface area contributed by atoms with Crippen molar-refractivity contribution in [2.45, 2.75) is 11.8 Å². The Hall–Kier alpha value is -4.27. The molecule has 0 aliphatic carbocycles. The lowest BCUT2D eigenvalue weighted by Crippen LogP contribution is -2.40. The van der Waals surface area contributed by atoms with Crippen molar-refractivity contribution in [2.75, 3.05) is 23.7 Å². The standard InChI is InChI=1S/C23H19N7O2/c31-21-23(16-5-1-2-6-17(16)28-21)9-10-29(14-23)22(32)26-15-11-25-30(13-15)20-12-24-18-7-3-4-8-19(18)27-20/h1-8,11-13H,9-10,14H2,(H,26,32)(H,28,31). The number of likely N-dealkylation sites (tertiary alicyclic amines) is 1. The highest BCUT2D eigenvalue weighted by molar-refractivity contribution is 6.07. The minimum absolute atomic E-state index is 0.0447. The number of benzene rings is 2. The minimum Gasteiger partial charge on any atom is -0.325 e. The third kappa shape index (κ3) is 2.82. The lowest BCUT2D eigenvalue weighted by atomic mass is 9.81. The first-order valence-corrected chi connectivity index (χ1v) is 10.4. The van der Waals surface area contributed by atoms with Crippen LogP contribution in [0.15, 0.2) is 67.1 Å². The average Bonchev–Trinajstić information content (AvgIpc) is 3.53. The molecule has 6 rings (SSSR count). The number of aromatic nitrogens is 4. The number of rotatable bonds is 2. The number of para-hydroxylation sites is 3. The van der Waals surface area contributed by atoms with E-state index in [1.807, 2.05) is 48.5 Å². The Morgan fingerprint density at radius 3 is 2.78 bits per heavy atom. The van der Waals surface area contributed by atoms with Gasteiger partial charge in [0.2, 0.25) is 5.91 Å². The number of urea groups is 1. The van der Waals surface area contributed by atoms with Crippen LogP contribution >= 0.6 is 0 Å². The smallest absolute Gasteiger partial charge is 0.321 e. The molecular formula is C23H19N7O2. The second kappa shape index (κ2) is 6.88. The van der Waals surface area contributed by atoms with Gasteiger partial charge in [0.25, 0.3) is 0 Å². The number of anilines is 2. The van der Waals surface area contributed by atoms with Crippen LogP contribution in [0.2, 0.25) is 0 Å². The lowest BCUT2D eigenvalue weighted by molar-refractivity contribution is -0.120. The Balaban J connectivity index is 1.19. The Morgan fingerprint density at radius 1 is 1.06 bits per heavy atom. The SMILES string of the molecule is O=C(Nc1cnn(-c2cnc3ccccc3n2)c1)N1CCC2(C1)C(=O)Nc1ccccc12. The molecule has 2 N–H and O–H groups in total. The van der Waals surface area contributed by atoms with Crippen LogP contribution in [0.4, 0.5) is 16.2 Å². The number of carbonyl (C=O) groups excluding carboxylic acids is 2. The van der Waals surface area contributed by atoms with E-state index in [1.54, 1.807) is 28.2 Å². The monoisotopic (exact) mass is 425 g/mol. The molecule has 4 aromatic rings. The number of hydrogen-bond donors (Lipinski definition) is 2. The zero-order chi connectivity index (χ0) is 21.7. The van der Waals surface area contributed by atoms with Gasteiger partial charge in [-0.15, -0.1) is 0 Å². The van der Waals surface area contributed by atoms with Crippen molar-refractivity contribution in [3.8, 4) is 5.82 Å². The molecule has 2 aliphatic rings. The molecule has 4 heterocycles. The topological polar surface area (TPSA) is 105 Å². The summed E-state index contributed by atoms with van der Waals surface area (Å²) in [4.78, 5) is 36.3. The normalized spacial score (nSPS) is 19.4. The highest BCUT2D eigenvalue weighted by Crippen LogP contribution is 2.44. The van der Waals surface area contributed by atoms with Gasteiger partial charge in [-0.25, -0.2) is 14.5 Å². The van der Waals surface area contributed by atoms with Crippen LogP contribution in [0, 0.1) is 0 Å². The number of nitrogens with zero attached hydrogens (tertiary/aromatic N) is 5. The highest BCUT2D eigenvalue weighted by Gasteiger charge is 2.52. The van der Waals surface area contributed by atoms with E-state index in [2.05, 4.69) is 25.7 Å². The third-order valence-electron chi connectivity index (χ3n) is 6.19. The average molecular weight is 425 g/mol. The van der Waals surface area contributed by atoms with Crippen molar-refractivity contribution in [2.24, 2.45) is 0 Å². The van der Waals surface area contributed by atoms with Gasteiger partial charge in [0.1, 0.15) is 0 Å². The number of fused-ring (bicyclic) bond motifs is 3. The number of carbonyl (C=O) groups is 2. The summed E-state index contributed by atoms with van der Waals surface area (Å²) in [5.74, 6) is 0.514. The van der Waals surface area contributed by atoms with Crippen LogP contribution in [0.5, 0.6) is 0 Å². The van der Waals surface area contributed by atoms with Gasteiger partial charge < -0.3 is 15.5 Å². The molecule has 1 saturated heterocycles. The van der Waals surface area contributed by atoms with Gasteiger partial charge >= 0.3 is 6.03 Å². The molecule has 2 aliphatic heterocycles. The molecule has 32 heavy (non-hydrogen) atoms. The van der Waals surface area contributed by atoms with Crippen molar-refractivity contribution >= 4 is 34.3 Å². The van der Waals surface area contributed by atoms with Crippen LogP contribution in [-0.4, -0.2) is 49.7 Å². The molecule has 158 valence electrons. The van der Waals surface area contributed by atoms with Crippen LogP contribution in [0.3, 0.4) is 0 Å². The van der Waals surface area contributed by atoms with E-state index in [9.17, 15) is 9.59 Å². The molecule has 3 amide bonds. The van der Waals surface area contributed by atoms with E-state index in [-0.39, 0.29) is 11.9 Å². The van der Waals surface area contributed by atoms with Gasteiger partial charge in [-0.05, 0) is 30.2 Å². The van der Waals surface area contributed by atoms with Crippen molar-refractivity contribution in [3.63, 3.8) is 0 Å². The summed E-state index contributed by atoms with van der Waals surface area (Å²) >= 11 is 0. The largest absolute Gasteiger partial charge is 0.325 e. The van der Waals surface area contributed by atoms with Crippen LogP contribution in [0.1, 0.15) is 12.0 Å². The summed E-state index contributed by atoms with van der Waals surface area (Å²) in [6.45, 7) is 0.837. The molecule has 0 bridgehead atoms. The fraction of sp³-hybridized carbons (Fsp3) is 0.174. The zero-order valence-corrected chi connectivity index (χ0v) is 17.0. The number of hydrogen-bond acceptors (Lipinski definition) is 5. The Labute approximate surface area is 183 Å². The lowest BCUT2D eigenvalue weighted by Gasteiger charge is -2.22. The fourth-order valence-corrected chi connectivity index (χ4v) is 4.53. The first-order chi connectivity index (χ1) is 15.6. The second-order valence-corrected chi connectivity index (χ2v) is 8.07. The van der Waals surface area contributed by atoms with Gasteiger partial charge in [-0.3, -0.25) is 9.78 Å². The van der Waals surface area contributed by atoms with Gasteiger partial charge in [0, 0.05) is 18.8 Å². The van der Waals surface area contributed by atoms with Crippen molar-refractivity contribution in [1.82, 2.24) is 24.6 Å². The van der Waals surface area contributed by atoms with E-state index >= 15 is 0 Å². The molecule has 9 heteroatoms. The van der Waals surface area contributed by atoms with Gasteiger partial charge in [-0.2, -0.15) is 5.10 Å². The van der Waals surface area contributed by atoms with E-state index in [0.717, 1.165) is 22.3 Å². The van der Waals surface area contributed by atoms with Crippen LogP contribution in [0.25, 0.3) is 16.9 Å². The maximum Gasteiger partial charge on any atom is 0.321 e. The molecule has 9 nitrogen and oxygen atoms in total. The molecule has 0 saturated carbocycles. The summed E-state index contributed by atoms with van der Waals surface area (Å²) in [6, 6.07) is 15.0. The first kappa shape index (κ1) is 18.5. The van der Waals surface area contributed by atoms with Gasteiger partial charge in [0.05, 0.1) is 40.7 Å². The van der Waals surface area contributed by atoms with Crippen LogP contribution in [-0.2, 0) is 10.2 Å². The zero-order valence-electron chi connectivity index (χ0n) is 17.0. The van der Waals surface area contributed by atoms with E-state index in [4.69, 9.17) is 0 Å². The number of nitrogens with one attached hydrogen (secondary N) is 2. The summed E-state index contributed by atoms with van der Waals surface area (Å²) in [7, 11) is 0. The quantitative estimate of drug-likeness (QED) is 0.514. The van der Waals surface area contributed by atoms with Crippen molar-refractivity contribution in [1.29, 1.82) is 0 Å². The third-order valence-corrected chi connectivity index (χ3v) is 6.19. The predicted octanol–water partition coefficient (Wildman–Crippen LogP) is 2.94. The summed E-state index contributed by atoms with van der Waals surface area (Å²) in [5, 5.41) is 10.1. The molecule has 2 aromatic heterocycles. The van der Waals surface area contributed by atoms with E-state index in [1.165, 1.54) is 0 Å². The number of amides is 3. The molecule has 1 spiro atoms. The summed E-state index contributed by atoms with van der Waals surface area (Å²) in [5.41, 5.74) is 3.22. The Bertz CT molecular complexity index is 1380. The second-order valence-electron chi connectivity index (χ2n) is 8.07. The van der Waals surface area contributed by atoms with Crippen molar-refractivity contribution in [3.05, 3.63) is 72.7 Å². The summed E-state index contributed by atoms with van der Waals surface area (Å²) in [6.07, 6.45) is 5.49. The van der Waals surface area contributed by atoms with E-state index < -0.39 is 5.41 Å². The molecule has 1 atom stereocenters. The van der Waals surface area contributed by atoms with E-state index in [0.29, 0.717) is 31.0 Å². The van der Waals surface area contributed by atoms with Gasteiger partial charge in [0.15, 0.2) is 5.82 Å².